The molecule has 0 spiro atoms. The summed E-state index contributed by atoms with van der Waals surface area (Å²) in [6.45, 7) is 6.06. The van der Waals surface area contributed by atoms with E-state index in [1.165, 1.54) is 12.3 Å². The minimum atomic E-state index is -0.139. The van der Waals surface area contributed by atoms with Gasteiger partial charge in [-0.15, -0.1) is 0 Å². The fourth-order valence-corrected chi connectivity index (χ4v) is 0.970. The van der Waals surface area contributed by atoms with Gasteiger partial charge in [0.25, 0.3) is 0 Å². The first kappa shape index (κ1) is 10.4. The molecule has 0 aliphatic carbocycles. The zero-order valence-electron chi connectivity index (χ0n) is 8.19. The van der Waals surface area contributed by atoms with E-state index < -0.39 is 0 Å². The molecule has 3 heteroatoms. The summed E-state index contributed by atoms with van der Waals surface area (Å²) in [6.07, 6.45) is 5.29. The standard InChI is InChI=1S/C11H13NO2/c1-3-5-14-10-6-9(7-12-8-10)11(13)4-2/h4,6-8H,2-3,5H2,1H3. The molecular formula is C11H13NO2. The Bertz CT molecular complexity index is 334. The molecule has 1 aromatic heterocycles. The van der Waals surface area contributed by atoms with Gasteiger partial charge < -0.3 is 4.74 Å². The molecule has 0 fully saturated rings. The molecule has 1 aromatic rings. The first-order valence-corrected chi connectivity index (χ1v) is 4.52. The number of aromatic nitrogens is 1. The second-order valence-corrected chi connectivity index (χ2v) is 2.83. The molecular weight excluding hydrogens is 178 g/mol. The first-order chi connectivity index (χ1) is 6.77. The van der Waals surface area contributed by atoms with E-state index in [2.05, 4.69) is 11.6 Å². The summed E-state index contributed by atoms with van der Waals surface area (Å²) in [7, 11) is 0. The SMILES string of the molecule is C=CC(=O)c1cncc(OCCC)c1. The van der Waals surface area contributed by atoms with Crippen molar-refractivity contribution in [3.8, 4) is 5.75 Å². The molecule has 0 unspecified atom stereocenters. The van der Waals surface area contributed by atoms with Gasteiger partial charge in [0, 0.05) is 11.8 Å². The maximum atomic E-state index is 11.2. The van der Waals surface area contributed by atoms with Gasteiger partial charge in [-0.1, -0.05) is 13.5 Å². The number of carbonyl (C=O) groups is 1. The van der Waals surface area contributed by atoms with Gasteiger partial charge in [-0.2, -0.15) is 0 Å². The zero-order valence-corrected chi connectivity index (χ0v) is 8.19. The van der Waals surface area contributed by atoms with Crippen molar-refractivity contribution in [2.24, 2.45) is 0 Å². The highest BCUT2D eigenvalue weighted by Crippen LogP contribution is 2.12. The van der Waals surface area contributed by atoms with Crippen LogP contribution < -0.4 is 4.74 Å². The van der Waals surface area contributed by atoms with E-state index >= 15 is 0 Å². The number of nitrogens with zero attached hydrogens (tertiary/aromatic N) is 1. The molecule has 0 aliphatic heterocycles. The average Bonchev–Trinajstić information content (AvgIpc) is 2.25. The van der Waals surface area contributed by atoms with E-state index in [4.69, 9.17) is 4.74 Å². The summed E-state index contributed by atoms with van der Waals surface area (Å²) in [5.74, 6) is 0.485. The molecule has 0 atom stereocenters. The van der Waals surface area contributed by atoms with Crippen molar-refractivity contribution in [3.05, 3.63) is 36.7 Å². The molecule has 0 radical (unpaired) electrons. The number of pyridine rings is 1. The fraction of sp³-hybridized carbons (Fsp3) is 0.273. The summed E-state index contributed by atoms with van der Waals surface area (Å²) in [4.78, 5) is 15.1. The second-order valence-electron chi connectivity index (χ2n) is 2.83. The highest BCUT2D eigenvalue weighted by atomic mass is 16.5. The van der Waals surface area contributed by atoms with Gasteiger partial charge in [-0.05, 0) is 18.6 Å². The Kier molecular flexibility index (Phi) is 3.85. The van der Waals surface area contributed by atoms with Crippen molar-refractivity contribution < 1.29 is 9.53 Å². The minimum Gasteiger partial charge on any atom is -0.492 e. The lowest BCUT2D eigenvalue weighted by Crippen LogP contribution is -1.99. The van der Waals surface area contributed by atoms with Crippen LogP contribution >= 0.6 is 0 Å². The van der Waals surface area contributed by atoms with E-state index in [9.17, 15) is 4.79 Å². The molecule has 14 heavy (non-hydrogen) atoms. The van der Waals surface area contributed by atoms with E-state index in [0.717, 1.165) is 6.42 Å². The molecule has 74 valence electrons. The van der Waals surface area contributed by atoms with Crippen LogP contribution in [-0.2, 0) is 0 Å². The van der Waals surface area contributed by atoms with Crippen LogP contribution in [0.5, 0.6) is 5.75 Å². The van der Waals surface area contributed by atoms with Crippen LogP contribution in [-0.4, -0.2) is 17.4 Å². The van der Waals surface area contributed by atoms with Crippen molar-refractivity contribution in [3.63, 3.8) is 0 Å². The third-order valence-electron chi connectivity index (χ3n) is 1.66. The summed E-state index contributed by atoms with van der Waals surface area (Å²) in [6, 6.07) is 1.67. The highest BCUT2D eigenvalue weighted by molar-refractivity contribution is 6.04. The summed E-state index contributed by atoms with van der Waals surface area (Å²) >= 11 is 0. The van der Waals surface area contributed by atoms with Crippen LogP contribution in [0, 0.1) is 0 Å². The summed E-state index contributed by atoms with van der Waals surface area (Å²) in [5.41, 5.74) is 0.508. The third kappa shape index (κ3) is 2.69. The maximum Gasteiger partial charge on any atom is 0.186 e. The van der Waals surface area contributed by atoms with E-state index in [0.29, 0.717) is 17.9 Å². The number of rotatable bonds is 5. The van der Waals surface area contributed by atoms with Crippen molar-refractivity contribution in [2.45, 2.75) is 13.3 Å². The van der Waals surface area contributed by atoms with Gasteiger partial charge >= 0.3 is 0 Å². The van der Waals surface area contributed by atoms with Crippen LogP contribution in [0.2, 0.25) is 0 Å². The molecule has 0 amide bonds. The zero-order chi connectivity index (χ0) is 10.4. The number of hydrogen-bond acceptors (Lipinski definition) is 3. The molecule has 1 heterocycles. The van der Waals surface area contributed by atoms with Crippen molar-refractivity contribution in [1.29, 1.82) is 0 Å². The van der Waals surface area contributed by atoms with Gasteiger partial charge in [0.2, 0.25) is 0 Å². The Morgan fingerprint density at radius 1 is 1.64 bits per heavy atom. The van der Waals surface area contributed by atoms with Crippen LogP contribution in [0.25, 0.3) is 0 Å². The lowest BCUT2D eigenvalue weighted by molar-refractivity contribution is 0.104. The predicted octanol–water partition coefficient (Wildman–Crippen LogP) is 2.24. The molecule has 0 aromatic carbocycles. The number of hydrogen-bond donors (Lipinski definition) is 0. The van der Waals surface area contributed by atoms with Crippen molar-refractivity contribution >= 4 is 5.78 Å². The smallest absolute Gasteiger partial charge is 0.186 e. The van der Waals surface area contributed by atoms with Crippen LogP contribution in [0.3, 0.4) is 0 Å². The average molecular weight is 191 g/mol. The molecule has 0 N–H and O–H groups in total. The number of allylic oxidation sites excluding steroid dienone is 1. The summed E-state index contributed by atoms with van der Waals surface area (Å²) in [5, 5.41) is 0. The first-order valence-electron chi connectivity index (χ1n) is 4.52. The molecule has 0 aliphatic rings. The third-order valence-corrected chi connectivity index (χ3v) is 1.66. The van der Waals surface area contributed by atoms with Crippen LogP contribution in [0.15, 0.2) is 31.1 Å². The lowest BCUT2D eigenvalue weighted by Gasteiger charge is -2.04. The van der Waals surface area contributed by atoms with Crippen LogP contribution in [0.1, 0.15) is 23.7 Å². The Balaban J connectivity index is 2.78. The topological polar surface area (TPSA) is 39.2 Å². The number of ketones is 1. The molecule has 0 bridgehead atoms. The minimum absolute atomic E-state index is 0.139. The van der Waals surface area contributed by atoms with Gasteiger partial charge in [-0.3, -0.25) is 9.78 Å². The van der Waals surface area contributed by atoms with E-state index in [1.54, 1.807) is 12.3 Å². The van der Waals surface area contributed by atoms with Gasteiger partial charge in [-0.25, -0.2) is 0 Å². The van der Waals surface area contributed by atoms with Gasteiger partial charge in [0.15, 0.2) is 5.78 Å². The Hall–Kier alpha value is -1.64. The summed E-state index contributed by atoms with van der Waals surface area (Å²) < 4.78 is 5.34. The van der Waals surface area contributed by atoms with Crippen molar-refractivity contribution in [1.82, 2.24) is 4.98 Å². The van der Waals surface area contributed by atoms with Crippen LogP contribution in [0.4, 0.5) is 0 Å². The maximum absolute atomic E-state index is 11.2. The monoisotopic (exact) mass is 191 g/mol. The van der Waals surface area contributed by atoms with Gasteiger partial charge in [0.05, 0.1) is 12.8 Å². The highest BCUT2D eigenvalue weighted by Gasteiger charge is 2.02. The van der Waals surface area contributed by atoms with Gasteiger partial charge in [0.1, 0.15) is 5.75 Å². The molecule has 3 nitrogen and oxygen atoms in total. The molecule has 1 rings (SSSR count). The quantitative estimate of drug-likeness (QED) is 0.529. The Morgan fingerprint density at radius 3 is 3.07 bits per heavy atom. The van der Waals surface area contributed by atoms with E-state index in [1.807, 2.05) is 6.92 Å². The second kappa shape index (κ2) is 5.17. The predicted molar refractivity (Wildman–Crippen MR) is 54.6 cm³/mol. The molecule has 0 saturated carbocycles. The Morgan fingerprint density at radius 2 is 2.43 bits per heavy atom. The lowest BCUT2D eigenvalue weighted by atomic mass is 10.2. The number of ether oxygens (including phenoxy) is 1. The largest absolute Gasteiger partial charge is 0.492 e. The Labute approximate surface area is 83.4 Å². The normalized spacial score (nSPS) is 9.50. The fourth-order valence-electron chi connectivity index (χ4n) is 0.970. The van der Waals surface area contributed by atoms with E-state index in [-0.39, 0.29) is 5.78 Å². The number of carbonyl (C=O) groups excluding carboxylic acids is 1. The van der Waals surface area contributed by atoms with Crippen molar-refractivity contribution in [2.75, 3.05) is 6.61 Å². The molecule has 0 saturated heterocycles.